The first-order chi connectivity index (χ1) is 18.6. The zero-order valence-electron chi connectivity index (χ0n) is 20.7. The molecule has 2 aromatic carbocycles. The third kappa shape index (κ3) is 5.99. The third-order valence-electron chi connectivity index (χ3n) is 6.62. The van der Waals surface area contributed by atoms with Crippen molar-refractivity contribution in [2.75, 3.05) is 6.54 Å². The molecule has 1 saturated heterocycles. The van der Waals surface area contributed by atoms with Gasteiger partial charge in [0.25, 0.3) is 10.0 Å². The van der Waals surface area contributed by atoms with E-state index in [1.165, 1.54) is 16.4 Å². The van der Waals surface area contributed by atoms with Crippen LogP contribution in [0.4, 0.5) is 13.2 Å². The van der Waals surface area contributed by atoms with E-state index >= 15 is 0 Å². The number of fused-ring (bicyclic) bond motifs is 1. The highest BCUT2D eigenvalue weighted by molar-refractivity contribution is 7.89. The molecule has 5 rings (SSSR count). The Bertz CT molecular complexity index is 1550. The quantitative estimate of drug-likeness (QED) is 0.259. The average molecular weight is 559 g/mol. The fourth-order valence-corrected chi connectivity index (χ4v) is 6.25. The van der Waals surface area contributed by atoms with Gasteiger partial charge in [-0.2, -0.15) is 17.5 Å². The molecule has 1 fully saturated rings. The van der Waals surface area contributed by atoms with Gasteiger partial charge in [0, 0.05) is 36.2 Å². The molecular formula is C28H25F3N2O5S. The fraction of sp³-hybridized carbons (Fsp3) is 0.286. The average Bonchev–Trinajstić information content (AvgIpc) is 3.59. The van der Waals surface area contributed by atoms with Gasteiger partial charge in [-0.3, -0.25) is 9.78 Å². The molecule has 1 atom stereocenters. The van der Waals surface area contributed by atoms with E-state index < -0.39 is 27.9 Å². The number of rotatable bonds is 9. The Morgan fingerprint density at radius 1 is 1.05 bits per heavy atom. The number of aromatic nitrogens is 1. The number of sulfonamides is 1. The van der Waals surface area contributed by atoms with Crippen LogP contribution in [0, 0.1) is 0 Å². The van der Waals surface area contributed by atoms with Gasteiger partial charge in [0.05, 0.1) is 6.04 Å². The van der Waals surface area contributed by atoms with Crippen molar-refractivity contribution in [1.29, 1.82) is 0 Å². The minimum atomic E-state index is -4.50. The fourth-order valence-electron chi connectivity index (χ4n) is 4.62. The van der Waals surface area contributed by atoms with Gasteiger partial charge in [0.15, 0.2) is 5.78 Å². The van der Waals surface area contributed by atoms with Crippen LogP contribution >= 0.6 is 0 Å². The molecule has 0 saturated carbocycles. The highest BCUT2D eigenvalue weighted by atomic mass is 32.2. The number of para-hydroxylation sites is 1. The van der Waals surface area contributed by atoms with Crippen LogP contribution in [0.5, 0.6) is 5.75 Å². The maximum absolute atomic E-state index is 13.3. The molecule has 204 valence electrons. The summed E-state index contributed by atoms with van der Waals surface area (Å²) in [6.45, 7) is 0.280. The number of nitrogens with zero attached hydrogens (tertiary/aromatic N) is 2. The third-order valence-corrected chi connectivity index (χ3v) is 8.38. The Morgan fingerprint density at radius 3 is 2.62 bits per heavy atom. The van der Waals surface area contributed by atoms with Crippen LogP contribution in [0.3, 0.4) is 0 Å². The summed E-state index contributed by atoms with van der Waals surface area (Å²) in [6, 6.07) is 17.0. The number of hydrogen-bond donors (Lipinski definition) is 0. The molecule has 7 nitrogen and oxygen atoms in total. The van der Waals surface area contributed by atoms with Crippen LogP contribution in [-0.4, -0.2) is 36.1 Å². The van der Waals surface area contributed by atoms with Crippen LogP contribution in [0.1, 0.15) is 36.1 Å². The first kappa shape index (κ1) is 26.9. The summed E-state index contributed by atoms with van der Waals surface area (Å²) in [6.07, 6.45) is -1.83. The van der Waals surface area contributed by atoms with E-state index in [2.05, 4.69) is 4.98 Å². The molecule has 0 N–H and O–H groups in total. The number of halogens is 3. The number of furan rings is 1. The van der Waals surface area contributed by atoms with Crippen LogP contribution in [0.15, 0.2) is 82.4 Å². The molecule has 0 radical (unpaired) electrons. The van der Waals surface area contributed by atoms with Gasteiger partial charge in [-0.05, 0) is 49.1 Å². The predicted molar refractivity (Wildman–Crippen MR) is 136 cm³/mol. The van der Waals surface area contributed by atoms with Gasteiger partial charge in [0.1, 0.15) is 23.6 Å². The number of benzene rings is 2. The number of carbonyl (C=O) groups excluding carboxylic acids is 1. The summed E-state index contributed by atoms with van der Waals surface area (Å²) in [4.78, 5) is 16.5. The minimum Gasteiger partial charge on any atom is -0.489 e. The van der Waals surface area contributed by atoms with E-state index in [9.17, 15) is 26.4 Å². The molecule has 11 heteroatoms. The first-order valence-electron chi connectivity index (χ1n) is 12.4. The van der Waals surface area contributed by atoms with E-state index in [1.807, 2.05) is 6.07 Å². The normalized spacial score (nSPS) is 16.5. The number of Topliss-reactive ketones (excluding diaryl/α,β-unsaturated/α-hetero) is 1. The maximum atomic E-state index is 13.3. The van der Waals surface area contributed by atoms with Crippen LogP contribution in [0.2, 0.25) is 0 Å². The molecule has 0 aliphatic carbocycles. The molecular weight excluding hydrogens is 533 g/mol. The van der Waals surface area contributed by atoms with Gasteiger partial charge in [-0.15, -0.1) is 0 Å². The molecule has 39 heavy (non-hydrogen) atoms. The SMILES string of the molecule is O=C(CCc1cccc(OCc2ccc(C(F)(F)F)nc2)c1)C1CCCN1S(=O)(=O)c1cc2ccccc2o1. The number of hydrogen-bond acceptors (Lipinski definition) is 6. The summed E-state index contributed by atoms with van der Waals surface area (Å²) in [5.74, 6) is 0.323. The first-order valence-corrected chi connectivity index (χ1v) is 13.8. The van der Waals surface area contributed by atoms with E-state index in [1.54, 1.807) is 42.5 Å². The molecule has 3 heterocycles. The molecule has 1 aliphatic heterocycles. The number of ether oxygens (including phenoxy) is 1. The Hall–Kier alpha value is -3.70. The molecule has 1 unspecified atom stereocenters. The minimum absolute atomic E-state index is 0.0319. The van der Waals surface area contributed by atoms with Gasteiger partial charge >= 0.3 is 6.18 Å². The Labute approximate surface area is 223 Å². The second kappa shape index (κ2) is 10.8. The Kier molecular flexibility index (Phi) is 7.46. The number of aryl methyl sites for hydroxylation is 1. The van der Waals surface area contributed by atoms with Crippen molar-refractivity contribution in [3.8, 4) is 5.75 Å². The van der Waals surface area contributed by atoms with E-state index in [0.29, 0.717) is 41.5 Å². The Morgan fingerprint density at radius 2 is 1.87 bits per heavy atom. The van der Waals surface area contributed by atoms with Crippen molar-refractivity contribution in [1.82, 2.24) is 9.29 Å². The topological polar surface area (TPSA) is 89.7 Å². The zero-order valence-corrected chi connectivity index (χ0v) is 21.5. The summed E-state index contributed by atoms with van der Waals surface area (Å²) in [5, 5.41) is 0.506. The van der Waals surface area contributed by atoms with E-state index in [4.69, 9.17) is 9.15 Å². The highest BCUT2D eigenvalue weighted by Crippen LogP contribution is 2.31. The zero-order chi connectivity index (χ0) is 27.6. The lowest BCUT2D eigenvalue weighted by molar-refractivity contribution is -0.141. The van der Waals surface area contributed by atoms with Crippen molar-refractivity contribution in [2.24, 2.45) is 0 Å². The van der Waals surface area contributed by atoms with E-state index in [0.717, 1.165) is 17.8 Å². The molecule has 0 amide bonds. The lowest BCUT2D eigenvalue weighted by Crippen LogP contribution is -2.40. The Balaban J connectivity index is 1.20. The predicted octanol–water partition coefficient (Wildman–Crippen LogP) is 5.78. The van der Waals surface area contributed by atoms with Crippen molar-refractivity contribution in [3.05, 3.63) is 89.7 Å². The van der Waals surface area contributed by atoms with Crippen LogP contribution in [0.25, 0.3) is 11.0 Å². The molecule has 0 bridgehead atoms. The summed E-state index contributed by atoms with van der Waals surface area (Å²) >= 11 is 0. The second-order valence-electron chi connectivity index (χ2n) is 9.33. The lowest BCUT2D eigenvalue weighted by atomic mass is 10.0. The summed E-state index contributed by atoms with van der Waals surface area (Å²) in [7, 11) is -3.97. The van der Waals surface area contributed by atoms with Gasteiger partial charge < -0.3 is 9.15 Å². The number of pyridine rings is 1. The van der Waals surface area contributed by atoms with Crippen molar-refractivity contribution in [2.45, 2.75) is 49.6 Å². The smallest absolute Gasteiger partial charge is 0.433 e. The van der Waals surface area contributed by atoms with Gasteiger partial charge in [-0.1, -0.05) is 36.4 Å². The van der Waals surface area contributed by atoms with Gasteiger partial charge in [0.2, 0.25) is 5.09 Å². The standard InChI is InChI=1S/C28H25F3N2O5S/c29-28(30,31)26-13-11-20(17-32-26)18-37-22-7-3-5-19(15-22)10-12-24(34)23-8-4-14-33(23)39(35,36)27-16-21-6-1-2-9-25(21)38-27/h1-3,5-7,9,11,13,15-17,23H,4,8,10,12,14,18H2. The molecule has 1 aliphatic rings. The lowest BCUT2D eigenvalue weighted by Gasteiger charge is -2.21. The summed E-state index contributed by atoms with van der Waals surface area (Å²) < 4.78 is 77.2. The van der Waals surface area contributed by atoms with Crippen molar-refractivity contribution >= 4 is 26.8 Å². The van der Waals surface area contributed by atoms with Crippen molar-refractivity contribution < 1.29 is 35.5 Å². The van der Waals surface area contributed by atoms with Crippen LogP contribution < -0.4 is 4.74 Å². The summed E-state index contributed by atoms with van der Waals surface area (Å²) in [5.41, 5.74) is 0.797. The van der Waals surface area contributed by atoms with Gasteiger partial charge in [-0.25, -0.2) is 8.42 Å². The van der Waals surface area contributed by atoms with E-state index in [-0.39, 0.29) is 30.4 Å². The largest absolute Gasteiger partial charge is 0.489 e. The number of carbonyl (C=O) groups is 1. The second-order valence-corrected chi connectivity index (χ2v) is 11.2. The highest BCUT2D eigenvalue weighted by Gasteiger charge is 2.40. The van der Waals surface area contributed by atoms with Crippen molar-refractivity contribution in [3.63, 3.8) is 0 Å². The molecule has 4 aromatic rings. The molecule has 0 spiro atoms. The maximum Gasteiger partial charge on any atom is 0.433 e. The monoisotopic (exact) mass is 558 g/mol. The number of alkyl halides is 3. The molecule has 2 aromatic heterocycles. The van der Waals surface area contributed by atoms with Crippen LogP contribution in [-0.2, 0) is 34.0 Å². The number of ketones is 1.